The maximum atomic E-state index is 12.2. The number of halogens is 2. The van der Waals surface area contributed by atoms with E-state index in [1.807, 2.05) is 13.8 Å². The van der Waals surface area contributed by atoms with E-state index in [4.69, 9.17) is 27.9 Å². The van der Waals surface area contributed by atoms with Gasteiger partial charge in [-0.3, -0.25) is 9.59 Å². The van der Waals surface area contributed by atoms with Gasteiger partial charge < -0.3 is 15.4 Å². The number of hydrogen-bond donors (Lipinski definition) is 2. The van der Waals surface area contributed by atoms with Crippen LogP contribution in [0.5, 0.6) is 5.75 Å². The zero-order valence-corrected chi connectivity index (χ0v) is 16.7. The zero-order chi connectivity index (χ0) is 20.0. The summed E-state index contributed by atoms with van der Waals surface area (Å²) < 4.78 is 5.24. The smallest absolute Gasteiger partial charge is 0.248 e. The molecule has 2 rings (SSSR count). The van der Waals surface area contributed by atoms with Gasteiger partial charge in [-0.1, -0.05) is 43.1 Å². The van der Waals surface area contributed by atoms with Crippen molar-refractivity contribution < 1.29 is 14.3 Å². The summed E-state index contributed by atoms with van der Waals surface area (Å²) in [5, 5.41) is 6.32. The maximum absolute atomic E-state index is 12.2. The first-order valence-corrected chi connectivity index (χ1v) is 8.98. The predicted octanol–water partition coefficient (Wildman–Crippen LogP) is 5.25. The van der Waals surface area contributed by atoms with Gasteiger partial charge in [0.05, 0.1) is 12.1 Å². The molecule has 0 heterocycles. The molecule has 0 saturated heterocycles. The second-order valence-corrected chi connectivity index (χ2v) is 6.90. The first-order valence-electron chi connectivity index (χ1n) is 8.23. The summed E-state index contributed by atoms with van der Waals surface area (Å²) in [4.78, 5) is 24.0. The van der Waals surface area contributed by atoms with E-state index in [1.165, 1.54) is 13.2 Å². The second kappa shape index (κ2) is 9.44. The number of anilines is 2. The van der Waals surface area contributed by atoms with Crippen LogP contribution in [0.25, 0.3) is 6.08 Å². The monoisotopic (exact) mass is 406 g/mol. The van der Waals surface area contributed by atoms with Crippen LogP contribution >= 0.6 is 23.2 Å². The van der Waals surface area contributed by atoms with Crippen molar-refractivity contribution in [2.24, 2.45) is 5.92 Å². The third-order valence-corrected chi connectivity index (χ3v) is 4.08. The van der Waals surface area contributed by atoms with Crippen molar-refractivity contribution in [3.05, 3.63) is 58.1 Å². The quantitative estimate of drug-likeness (QED) is 0.643. The van der Waals surface area contributed by atoms with Crippen LogP contribution in [-0.4, -0.2) is 18.9 Å². The van der Waals surface area contributed by atoms with E-state index >= 15 is 0 Å². The van der Waals surface area contributed by atoms with E-state index in [-0.39, 0.29) is 17.7 Å². The molecular formula is C20H20Cl2N2O3. The lowest BCUT2D eigenvalue weighted by Crippen LogP contribution is -2.17. The Labute approximate surface area is 168 Å². The molecular weight excluding hydrogens is 387 g/mol. The third-order valence-electron chi connectivity index (χ3n) is 3.58. The van der Waals surface area contributed by atoms with Gasteiger partial charge in [-0.2, -0.15) is 0 Å². The molecule has 5 nitrogen and oxygen atoms in total. The van der Waals surface area contributed by atoms with Crippen molar-refractivity contribution in [3.8, 4) is 5.75 Å². The molecule has 142 valence electrons. The van der Waals surface area contributed by atoms with E-state index in [9.17, 15) is 9.59 Å². The minimum absolute atomic E-state index is 0.0942. The van der Waals surface area contributed by atoms with Crippen molar-refractivity contribution in [3.63, 3.8) is 0 Å². The van der Waals surface area contributed by atoms with Crippen molar-refractivity contribution in [2.75, 3.05) is 17.7 Å². The lowest BCUT2D eigenvalue weighted by molar-refractivity contribution is -0.119. The van der Waals surface area contributed by atoms with Gasteiger partial charge in [0, 0.05) is 34.0 Å². The molecule has 0 atom stereocenters. The van der Waals surface area contributed by atoms with Gasteiger partial charge in [0.2, 0.25) is 11.8 Å². The molecule has 0 aromatic heterocycles. The molecule has 2 aromatic carbocycles. The highest BCUT2D eigenvalue weighted by atomic mass is 35.5. The Morgan fingerprint density at radius 3 is 2.37 bits per heavy atom. The average Bonchev–Trinajstić information content (AvgIpc) is 2.59. The Hall–Kier alpha value is -2.50. The third kappa shape index (κ3) is 6.01. The van der Waals surface area contributed by atoms with Crippen LogP contribution in [0, 0.1) is 5.92 Å². The molecule has 2 aromatic rings. The Bertz CT molecular complexity index is 880. The standard InChI is InChI=1S/C20H20Cl2N2O3/c1-12(2)20(26)24-16-6-4-5-15(11-16)23-18(25)8-7-13-9-14(21)10-17(22)19(13)27-3/h4-12H,1-3H3,(H,23,25)(H,24,26)/b8-7+. The number of methoxy groups -OCH3 is 1. The van der Waals surface area contributed by atoms with Crippen molar-refractivity contribution in [2.45, 2.75) is 13.8 Å². The first kappa shape index (κ1) is 20.8. The van der Waals surface area contributed by atoms with Crippen LogP contribution in [0.15, 0.2) is 42.5 Å². The average molecular weight is 407 g/mol. The first-order chi connectivity index (χ1) is 12.8. The Morgan fingerprint density at radius 2 is 1.74 bits per heavy atom. The zero-order valence-electron chi connectivity index (χ0n) is 15.2. The van der Waals surface area contributed by atoms with Crippen LogP contribution < -0.4 is 15.4 Å². The number of carbonyl (C=O) groups excluding carboxylic acids is 2. The van der Waals surface area contributed by atoms with E-state index in [2.05, 4.69) is 10.6 Å². The molecule has 2 N–H and O–H groups in total. The van der Waals surface area contributed by atoms with Gasteiger partial charge in [-0.25, -0.2) is 0 Å². The molecule has 0 aliphatic carbocycles. The summed E-state index contributed by atoms with van der Waals surface area (Å²) in [5.41, 5.74) is 1.75. The largest absolute Gasteiger partial charge is 0.495 e. The molecule has 0 fully saturated rings. The molecule has 0 radical (unpaired) electrons. The van der Waals surface area contributed by atoms with Crippen LogP contribution in [0.3, 0.4) is 0 Å². The number of ether oxygens (including phenoxy) is 1. The lowest BCUT2D eigenvalue weighted by atomic mass is 10.2. The fraction of sp³-hybridized carbons (Fsp3) is 0.200. The van der Waals surface area contributed by atoms with Crippen LogP contribution in [0.4, 0.5) is 11.4 Å². The molecule has 0 unspecified atom stereocenters. The lowest BCUT2D eigenvalue weighted by Gasteiger charge is -2.10. The highest BCUT2D eigenvalue weighted by molar-refractivity contribution is 6.36. The highest BCUT2D eigenvalue weighted by Gasteiger charge is 2.09. The molecule has 7 heteroatoms. The van der Waals surface area contributed by atoms with Gasteiger partial charge in [-0.05, 0) is 36.4 Å². The van der Waals surface area contributed by atoms with Crippen LogP contribution in [-0.2, 0) is 9.59 Å². The molecule has 0 bridgehead atoms. The summed E-state index contributed by atoms with van der Waals surface area (Å²) in [7, 11) is 1.49. The Kier molecular flexibility index (Phi) is 7.28. The number of rotatable bonds is 6. The summed E-state index contributed by atoms with van der Waals surface area (Å²) >= 11 is 12.1. The summed E-state index contributed by atoms with van der Waals surface area (Å²) in [5.74, 6) is -0.141. The molecule has 27 heavy (non-hydrogen) atoms. The van der Waals surface area contributed by atoms with Crippen molar-refractivity contribution >= 4 is 52.5 Å². The number of carbonyl (C=O) groups is 2. The second-order valence-electron chi connectivity index (χ2n) is 6.06. The van der Waals surface area contributed by atoms with Gasteiger partial charge in [-0.15, -0.1) is 0 Å². The van der Waals surface area contributed by atoms with Gasteiger partial charge in [0.25, 0.3) is 0 Å². The number of nitrogens with one attached hydrogen (secondary N) is 2. The molecule has 0 spiro atoms. The number of hydrogen-bond acceptors (Lipinski definition) is 3. The fourth-order valence-electron chi connectivity index (χ4n) is 2.23. The minimum Gasteiger partial charge on any atom is -0.495 e. The van der Waals surface area contributed by atoms with E-state index in [0.29, 0.717) is 32.7 Å². The normalized spacial score (nSPS) is 10.9. The minimum atomic E-state index is -0.347. The molecule has 0 aliphatic heterocycles. The maximum Gasteiger partial charge on any atom is 0.248 e. The highest BCUT2D eigenvalue weighted by Crippen LogP contribution is 2.33. The van der Waals surface area contributed by atoms with E-state index in [1.54, 1.807) is 42.5 Å². The molecule has 2 amide bonds. The van der Waals surface area contributed by atoms with Crippen molar-refractivity contribution in [1.29, 1.82) is 0 Å². The molecule has 0 saturated carbocycles. The number of benzene rings is 2. The SMILES string of the molecule is COc1c(Cl)cc(Cl)cc1/C=C/C(=O)Nc1cccc(NC(=O)C(C)C)c1. The topological polar surface area (TPSA) is 67.4 Å². The Balaban J connectivity index is 2.10. The van der Waals surface area contributed by atoms with Crippen molar-refractivity contribution in [1.82, 2.24) is 0 Å². The van der Waals surface area contributed by atoms with E-state index < -0.39 is 0 Å². The summed E-state index contributed by atoms with van der Waals surface area (Å²) in [6.07, 6.45) is 2.92. The van der Waals surface area contributed by atoms with Gasteiger partial charge >= 0.3 is 0 Å². The van der Waals surface area contributed by atoms with Gasteiger partial charge in [0.1, 0.15) is 5.75 Å². The predicted molar refractivity (Wildman–Crippen MR) is 111 cm³/mol. The Morgan fingerprint density at radius 1 is 1.07 bits per heavy atom. The van der Waals surface area contributed by atoms with Gasteiger partial charge in [0.15, 0.2) is 0 Å². The molecule has 0 aliphatic rings. The number of amides is 2. The van der Waals surface area contributed by atoms with Crippen LogP contribution in [0.2, 0.25) is 10.0 Å². The summed E-state index contributed by atoms with van der Waals surface area (Å²) in [6.45, 7) is 3.62. The fourth-order valence-corrected chi connectivity index (χ4v) is 2.82. The van der Waals surface area contributed by atoms with E-state index in [0.717, 1.165) is 0 Å². The summed E-state index contributed by atoms with van der Waals surface area (Å²) in [6, 6.07) is 10.1. The van der Waals surface area contributed by atoms with Crippen LogP contribution in [0.1, 0.15) is 19.4 Å².